The molecule has 0 unspecified atom stereocenters. The first-order valence-electron chi connectivity index (χ1n) is 6.54. The highest BCUT2D eigenvalue weighted by molar-refractivity contribution is 7.92. The highest BCUT2D eigenvalue weighted by atomic mass is 32.2. The van der Waals surface area contributed by atoms with E-state index in [1.165, 1.54) is 0 Å². The number of hydrogen-bond acceptors (Lipinski definition) is 5. The molecule has 2 aromatic rings. The Morgan fingerprint density at radius 2 is 2.05 bits per heavy atom. The average molecular weight is 309 g/mol. The number of nitrogens with two attached hydrogens (primary N) is 1. The van der Waals surface area contributed by atoms with Crippen LogP contribution in [0.4, 0.5) is 5.69 Å². The molecule has 0 aliphatic rings. The molecule has 2 rings (SSSR count). The Kier molecular flexibility index (Phi) is 4.29. The maximum atomic E-state index is 12.6. The van der Waals surface area contributed by atoms with Gasteiger partial charge in [0.2, 0.25) is 0 Å². The number of aryl methyl sites for hydroxylation is 2. The summed E-state index contributed by atoms with van der Waals surface area (Å²) in [5.74, 6) is 0. The van der Waals surface area contributed by atoms with Gasteiger partial charge in [-0.25, -0.2) is 8.42 Å². The highest BCUT2D eigenvalue weighted by Gasteiger charge is 2.24. The zero-order valence-electron chi connectivity index (χ0n) is 12.3. The predicted octanol–water partition coefficient (Wildman–Crippen LogP) is 0.963. The maximum absolute atomic E-state index is 12.6. The van der Waals surface area contributed by atoms with Crippen LogP contribution in [0.1, 0.15) is 17.0 Å². The van der Waals surface area contributed by atoms with E-state index in [1.54, 1.807) is 43.9 Å². The molecule has 0 aromatic carbocycles. The van der Waals surface area contributed by atoms with Gasteiger partial charge in [0.05, 0.1) is 23.6 Å². The van der Waals surface area contributed by atoms with E-state index in [1.807, 2.05) is 0 Å². The second-order valence-corrected chi connectivity index (χ2v) is 6.43. The van der Waals surface area contributed by atoms with E-state index in [0.29, 0.717) is 30.2 Å². The van der Waals surface area contributed by atoms with Crippen molar-refractivity contribution in [1.82, 2.24) is 14.8 Å². The summed E-state index contributed by atoms with van der Waals surface area (Å²) in [6.45, 7) is 6.08. The molecule has 0 amide bonds. The van der Waals surface area contributed by atoms with Gasteiger partial charge in [-0.1, -0.05) is 0 Å². The van der Waals surface area contributed by atoms with Crippen molar-refractivity contribution in [3.63, 3.8) is 0 Å². The van der Waals surface area contributed by atoms with Crippen molar-refractivity contribution in [1.29, 1.82) is 0 Å². The van der Waals surface area contributed by atoms with Crippen molar-refractivity contribution in [2.45, 2.75) is 32.2 Å². The Balaban J connectivity index is 2.43. The molecule has 114 valence electrons. The quantitative estimate of drug-likeness (QED) is 0.856. The normalized spacial score (nSPS) is 11.6. The molecular formula is C13H19N5O2S. The molecule has 21 heavy (non-hydrogen) atoms. The molecule has 0 radical (unpaired) electrons. The molecule has 0 bridgehead atoms. The number of nitrogens with one attached hydrogen (secondary N) is 1. The molecule has 0 aliphatic heterocycles. The third kappa shape index (κ3) is 3.06. The van der Waals surface area contributed by atoms with Crippen molar-refractivity contribution >= 4 is 15.7 Å². The zero-order valence-corrected chi connectivity index (χ0v) is 13.1. The lowest BCUT2D eigenvalue weighted by molar-refractivity contribution is 0.593. The molecule has 0 spiro atoms. The highest BCUT2D eigenvalue weighted by Crippen LogP contribution is 2.23. The van der Waals surface area contributed by atoms with Gasteiger partial charge in [0, 0.05) is 18.9 Å². The molecule has 0 aliphatic carbocycles. The van der Waals surface area contributed by atoms with E-state index in [9.17, 15) is 8.42 Å². The summed E-state index contributed by atoms with van der Waals surface area (Å²) < 4.78 is 29.4. The van der Waals surface area contributed by atoms with E-state index in [4.69, 9.17) is 5.73 Å². The summed E-state index contributed by atoms with van der Waals surface area (Å²) in [6, 6.07) is 1.63. The number of sulfonamides is 1. The fourth-order valence-corrected chi connectivity index (χ4v) is 3.74. The Morgan fingerprint density at radius 1 is 1.33 bits per heavy atom. The number of anilines is 1. The first-order valence-corrected chi connectivity index (χ1v) is 8.02. The number of aromatic nitrogens is 3. The summed E-state index contributed by atoms with van der Waals surface area (Å²) >= 11 is 0. The molecule has 7 nitrogen and oxygen atoms in total. The minimum absolute atomic E-state index is 0.201. The third-order valence-electron chi connectivity index (χ3n) is 3.19. The lowest BCUT2D eigenvalue weighted by Gasteiger charge is -2.10. The van der Waals surface area contributed by atoms with Crippen LogP contribution in [0.2, 0.25) is 0 Å². The van der Waals surface area contributed by atoms with Crippen LogP contribution in [-0.4, -0.2) is 29.7 Å². The molecule has 0 saturated heterocycles. The van der Waals surface area contributed by atoms with E-state index in [2.05, 4.69) is 14.8 Å². The van der Waals surface area contributed by atoms with E-state index < -0.39 is 10.0 Å². The monoisotopic (exact) mass is 309 g/mol. The predicted molar refractivity (Wildman–Crippen MR) is 80.5 cm³/mol. The third-order valence-corrected chi connectivity index (χ3v) is 4.81. The van der Waals surface area contributed by atoms with Crippen LogP contribution >= 0.6 is 0 Å². The second kappa shape index (κ2) is 5.82. The molecule has 3 N–H and O–H groups in total. The van der Waals surface area contributed by atoms with Crippen molar-refractivity contribution in [2.75, 3.05) is 11.3 Å². The van der Waals surface area contributed by atoms with Crippen molar-refractivity contribution in [3.05, 3.63) is 35.4 Å². The van der Waals surface area contributed by atoms with Crippen molar-refractivity contribution in [2.24, 2.45) is 5.73 Å². The minimum Gasteiger partial charge on any atom is -0.329 e. The van der Waals surface area contributed by atoms with Crippen molar-refractivity contribution in [3.8, 4) is 0 Å². The van der Waals surface area contributed by atoms with E-state index in [-0.39, 0.29) is 4.90 Å². The van der Waals surface area contributed by atoms with Crippen LogP contribution in [0.25, 0.3) is 0 Å². The Bertz CT molecular complexity index is 752. The number of pyridine rings is 1. The van der Waals surface area contributed by atoms with Gasteiger partial charge in [-0.05, 0) is 32.4 Å². The van der Waals surface area contributed by atoms with E-state index >= 15 is 0 Å². The first kappa shape index (κ1) is 15.5. The van der Waals surface area contributed by atoms with Gasteiger partial charge >= 0.3 is 0 Å². The summed E-state index contributed by atoms with van der Waals surface area (Å²) in [7, 11) is -3.70. The van der Waals surface area contributed by atoms with Gasteiger partial charge in [0.1, 0.15) is 4.90 Å². The van der Waals surface area contributed by atoms with Gasteiger partial charge < -0.3 is 5.73 Å². The SMILES string of the molecule is Cc1cnccc1NS(=O)(=O)c1c(C)nn(CCN)c1C. The summed E-state index contributed by atoms with van der Waals surface area (Å²) in [5.41, 5.74) is 7.81. The van der Waals surface area contributed by atoms with Gasteiger partial charge in [-0.15, -0.1) is 0 Å². The summed E-state index contributed by atoms with van der Waals surface area (Å²) in [5, 5.41) is 4.24. The summed E-state index contributed by atoms with van der Waals surface area (Å²) in [4.78, 5) is 4.15. The fourth-order valence-electron chi connectivity index (χ4n) is 2.19. The van der Waals surface area contributed by atoms with Gasteiger partial charge in [0.25, 0.3) is 10.0 Å². The van der Waals surface area contributed by atoms with Crippen LogP contribution in [0, 0.1) is 20.8 Å². The molecule has 8 heteroatoms. The number of hydrogen-bond donors (Lipinski definition) is 2. The van der Waals surface area contributed by atoms with Crippen molar-refractivity contribution < 1.29 is 8.42 Å². The Labute approximate surface area is 124 Å². The lowest BCUT2D eigenvalue weighted by Crippen LogP contribution is -2.16. The van der Waals surface area contributed by atoms with Crippen LogP contribution in [0.3, 0.4) is 0 Å². The molecule has 0 fully saturated rings. The van der Waals surface area contributed by atoms with Crippen LogP contribution in [0.5, 0.6) is 0 Å². The largest absolute Gasteiger partial charge is 0.329 e. The van der Waals surface area contributed by atoms with Gasteiger partial charge in [-0.2, -0.15) is 5.10 Å². The fraction of sp³-hybridized carbons (Fsp3) is 0.385. The van der Waals surface area contributed by atoms with Gasteiger partial charge in [0.15, 0.2) is 0 Å². The van der Waals surface area contributed by atoms with Gasteiger partial charge in [-0.3, -0.25) is 14.4 Å². The topological polar surface area (TPSA) is 103 Å². The molecule has 2 heterocycles. The number of rotatable bonds is 5. The molecule has 0 saturated carbocycles. The average Bonchev–Trinajstić information content (AvgIpc) is 2.68. The zero-order chi connectivity index (χ0) is 15.6. The molecule has 0 atom stereocenters. The Morgan fingerprint density at radius 3 is 2.67 bits per heavy atom. The second-order valence-electron chi connectivity index (χ2n) is 4.81. The maximum Gasteiger partial charge on any atom is 0.265 e. The van der Waals surface area contributed by atoms with Crippen LogP contribution in [-0.2, 0) is 16.6 Å². The summed E-state index contributed by atoms with van der Waals surface area (Å²) in [6.07, 6.45) is 3.15. The molecule has 2 aromatic heterocycles. The standard InChI is InChI=1S/C13H19N5O2S/c1-9-8-15-6-4-12(9)17-21(19,20)13-10(2)16-18(7-5-14)11(13)3/h4,6,8H,5,7,14H2,1-3H3,(H,15,17). The van der Waals surface area contributed by atoms with Crippen LogP contribution < -0.4 is 10.5 Å². The Hall–Kier alpha value is -1.93. The number of nitrogens with zero attached hydrogens (tertiary/aromatic N) is 3. The van der Waals surface area contributed by atoms with E-state index in [0.717, 1.165) is 5.56 Å². The smallest absolute Gasteiger partial charge is 0.265 e. The first-order chi connectivity index (χ1) is 9.86. The lowest BCUT2D eigenvalue weighted by atomic mass is 10.3. The molecular weight excluding hydrogens is 290 g/mol. The minimum atomic E-state index is -3.70. The van der Waals surface area contributed by atoms with Crippen LogP contribution in [0.15, 0.2) is 23.4 Å².